The Hall–Kier alpha value is -2.09. The van der Waals surface area contributed by atoms with E-state index in [1.165, 1.54) is 16.7 Å². The largest absolute Gasteiger partial charge is 0.355 e. The van der Waals surface area contributed by atoms with E-state index in [4.69, 9.17) is 0 Å². The lowest BCUT2D eigenvalue weighted by atomic mass is 9.95. The Morgan fingerprint density at radius 1 is 0.944 bits per heavy atom. The van der Waals surface area contributed by atoms with Gasteiger partial charge in [0.25, 0.3) is 5.91 Å². The lowest BCUT2D eigenvalue weighted by Crippen LogP contribution is -2.17. The Morgan fingerprint density at radius 3 is 2.00 bits per heavy atom. The molecule has 0 aliphatic heterocycles. The van der Waals surface area contributed by atoms with Crippen LogP contribution in [0, 0.1) is 13.8 Å². The smallest absolute Gasteiger partial charge is 0.251 e. The zero-order valence-corrected chi connectivity index (χ0v) is 10.9. The molecule has 0 heterocycles. The molecule has 0 aliphatic carbocycles. The van der Waals surface area contributed by atoms with Crippen LogP contribution in [0.5, 0.6) is 0 Å². The Kier molecular flexibility index (Phi) is 3.47. The van der Waals surface area contributed by atoms with Crippen LogP contribution in [0.1, 0.15) is 21.5 Å². The molecule has 2 rings (SSSR count). The highest BCUT2D eigenvalue weighted by atomic mass is 16.1. The molecule has 0 spiro atoms. The average molecular weight is 239 g/mol. The first-order valence-corrected chi connectivity index (χ1v) is 6.02. The van der Waals surface area contributed by atoms with E-state index in [0.29, 0.717) is 5.56 Å². The average Bonchev–Trinajstić information content (AvgIpc) is 2.38. The Bertz CT molecular complexity index is 550. The van der Waals surface area contributed by atoms with Crippen LogP contribution < -0.4 is 5.32 Å². The maximum atomic E-state index is 11.5. The summed E-state index contributed by atoms with van der Waals surface area (Å²) in [5.41, 5.74) is 5.59. The van der Waals surface area contributed by atoms with Gasteiger partial charge in [-0.1, -0.05) is 30.3 Å². The molecule has 0 unspecified atom stereocenters. The highest BCUT2D eigenvalue weighted by Gasteiger charge is 2.07. The van der Waals surface area contributed by atoms with Crippen molar-refractivity contribution in [3.05, 3.63) is 59.2 Å². The number of aryl methyl sites for hydroxylation is 2. The second-order valence-electron chi connectivity index (χ2n) is 4.42. The van der Waals surface area contributed by atoms with E-state index in [2.05, 4.69) is 37.4 Å². The number of rotatable bonds is 2. The van der Waals surface area contributed by atoms with E-state index < -0.39 is 0 Å². The number of nitrogens with one attached hydrogen (secondary N) is 1. The third-order valence-electron chi connectivity index (χ3n) is 3.14. The molecule has 0 fully saturated rings. The molecule has 1 N–H and O–H groups in total. The number of carbonyl (C=O) groups excluding carboxylic acids is 1. The topological polar surface area (TPSA) is 29.1 Å². The highest BCUT2D eigenvalue weighted by Crippen LogP contribution is 2.27. The molecule has 18 heavy (non-hydrogen) atoms. The van der Waals surface area contributed by atoms with Crippen LogP contribution in [0.2, 0.25) is 0 Å². The van der Waals surface area contributed by atoms with Gasteiger partial charge in [0.15, 0.2) is 0 Å². The summed E-state index contributed by atoms with van der Waals surface area (Å²) >= 11 is 0. The minimum absolute atomic E-state index is 0.0527. The van der Waals surface area contributed by atoms with E-state index in [1.807, 2.05) is 24.3 Å². The summed E-state index contributed by atoms with van der Waals surface area (Å²) in [5, 5.41) is 2.62. The van der Waals surface area contributed by atoms with Crippen molar-refractivity contribution in [2.24, 2.45) is 0 Å². The second-order valence-corrected chi connectivity index (χ2v) is 4.42. The van der Waals surface area contributed by atoms with Gasteiger partial charge in [-0.15, -0.1) is 0 Å². The lowest BCUT2D eigenvalue weighted by molar-refractivity contribution is 0.0963. The maximum Gasteiger partial charge on any atom is 0.251 e. The molecule has 0 saturated heterocycles. The summed E-state index contributed by atoms with van der Waals surface area (Å²) in [5.74, 6) is -0.0527. The predicted octanol–water partition coefficient (Wildman–Crippen LogP) is 3.33. The molecule has 0 atom stereocenters. The molecule has 0 radical (unpaired) electrons. The second kappa shape index (κ2) is 5.05. The van der Waals surface area contributed by atoms with E-state index in [1.54, 1.807) is 7.05 Å². The highest BCUT2D eigenvalue weighted by molar-refractivity contribution is 5.94. The van der Waals surface area contributed by atoms with Crippen LogP contribution in [0.3, 0.4) is 0 Å². The van der Waals surface area contributed by atoms with Crippen LogP contribution in [-0.4, -0.2) is 13.0 Å². The van der Waals surface area contributed by atoms with Gasteiger partial charge in [-0.3, -0.25) is 4.79 Å². The lowest BCUT2D eigenvalue weighted by Gasteiger charge is -2.10. The molecular formula is C16H17NO. The number of amides is 1. The van der Waals surface area contributed by atoms with Gasteiger partial charge in [-0.05, 0) is 48.2 Å². The predicted molar refractivity (Wildman–Crippen MR) is 74.7 cm³/mol. The van der Waals surface area contributed by atoms with Crippen molar-refractivity contribution in [1.82, 2.24) is 5.32 Å². The number of hydrogen-bond acceptors (Lipinski definition) is 1. The van der Waals surface area contributed by atoms with Crippen molar-refractivity contribution in [3.8, 4) is 11.1 Å². The zero-order valence-electron chi connectivity index (χ0n) is 10.9. The molecule has 2 nitrogen and oxygen atoms in total. The summed E-state index contributed by atoms with van der Waals surface area (Å²) in [4.78, 5) is 11.5. The van der Waals surface area contributed by atoms with E-state index in [0.717, 1.165) is 5.56 Å². The van der Waals surface area contributed by atoms with Gasteiger partial charge in [0, 0.05) is 12.6 Å². The van der Waals surface area contributed by atoms with Crippen LogP contribution in [0.4, 0.5) is 0 Å². The summed E-state index contributed by atoms with van der Waals surface area (Å²) in [6.45, 7) is 4.21. The van der Waals surface area contributed by atoms with Gasteiger partial charge in [-0.25, -0.2) is 0 Å². The standard InChI is InChI=1S/C16H17NO/c1-11-5-4-6-12(2)15(11)13-7-9-14(10-8-13)16(18)17-3/h4-10H,1-3H3,(H,17,18). The van der Waals surface area contributed by atoms with Gasteiger partial charge in [0.2, 0.25) is 0 Å². The van der Waals surface area contributed by atoms with Gasteiger partial charge >= 0.3 is 0 Å². The van der Waals surface area contributed by atoms with E-state index in [9.17, 15) is 4.79 Å². The Labute approximate surface area is 108 Å². The van der Waals surface area contributed by atoms with Crippen molar-refractivity contribution in [2.45, 2.75) is 13.8 Å². The number of carbonyl (C=O) groups is 1. The molecule has 1 amide bonds. The molecule has 2 aromatic rings. The summed E-state index contributed by atoms with van der Waals surface area (Å²) in [7, 11) is 1.64. The maximum absolute atomic E-state index is 11.5. The SMILES string of the molecule is CNC(=O)c1ccc(-c2c(C)cccc2C)cc1. The zero-order chi connectivity index (χ0) is 13.1. The van der Waals surface area contributed by atoms with Crippen LogP contribution in [-0.2, 0) is 0 Å². The molecule has 0 aromatic heterocycles. The fraction of sp³-hybridized carbons (Fsp3) is 0.188. The third kappa shape index (κ3) is 2.28. The Balaban J connectivity index is 2.44. The first kappa shape index (κ1) is 12.4. The summed E-state index contributed by atoms with van der Waals surface area (Å²) in [6, 6.07) is 14.0. The first-order chi connectivity index (χ1) is 8.63. The molecule has 2 heteroatoms. The van der Waals surface area contributed by atoms with Crippen LogP contribution in [0.25, 0.3) is 11.1 Å². The van der Waals surface area contributed by atoms with Gasteiger partial charge < -0.3 is 5.32 Å². The van der Waals surface area contributed by atoms with Gasteiger partial charge in [0.1, 0.15) is 0 Å². The van der Waals surface area contributed by atoms with Gasteiger partial charge in [0.05, 0.1) is 0 Å². The van der Waals surface area contributed by atoms with Crippen molar-refractivity contribution in [3.63, 3.8) is 0 Å². The molecule has 0 saturated carbocycles. The molecule has 2 aromatic carbocycles. The molecule has 92 valence electrons. The van der Waals surface area contributed by atoms with Crippen molar-refractivity contribution in [2.75, 3.05) is 7.05 Å². The van der Waals surface area contributed by atoms with Crippen molar-refractivity contribution >= 4 is 5.91 Å². The fourth-order valence-corrected chi connectivity index (χ4v) is 2.20. The number of benzene rings is 2. The van der Waals surface area contributed by atoms with E-state index in [-0.39, 0.29) is 5.91 Å². The van der Waals surface area contributed by atoms with E-state index >= 15 is 0 Å². The minimum atomic E-state index is -0.0527. The molecule has 0 aliphatic rings. The van der Waals surface area contributed by atoms with Crippen molar-refractivity contribution < 1.29 is 4.79 Å². The monoisotopic (exact) mass is 239 g/mol. The molecular weight excluding hydrogens is 222 g/mol. The summed E-state index contributed by atoms with van der Waals surface area (Å²) < 4.78 is 0. The minimum Gasteiger partial charge on any atom is -0.355 e. The quantitative estimate of drug-likeness (QED) is 0.855. The normalized spacial score (nSPS) is 10.2. The van der Waals surface area contributed by atoms with Crippen molar-refractivity contribution in [1.29, 1.82) is 0 Å². The summed E-state index contributed by atoms with van der Waals surface area (Å²) in [6.07, 6.45) is 0. The number of hydrogen-bond donors (Lipinski definition) is 1. The third-order valence-corrected chi connectivity index (χ3v) is 3.14. The van der Waals surface area contributed by atoms with Crippen LogP contribution in [0.15, 0.2) is 42.5 Å². The van der Waals surface area contributed by atoms with Crippen LogP contribution >= 0.6 is 0 Å². The first-order valence-electron chi connectivity index (χ1n) is 6.02. The molecule has 0 bridgehead atoms. The fourth-order valence-electron chi connectivity index (χ4n) is 2.20. The Morgan fingerprint density at radius 2 is 1.50 bits per heavy atom. The van der Waals surface area contributed by atoms with Gasteiger partial charge in [-0.2, -0.15) is 0 Å².